The second-order valence-corrected chi connectivity index (χ2v) is 6.81. The van der Waals surface area contributed by atoms with Crippen molar-refractivity contribution in [2.45, 2.75) is 51.6 Å². The molecule has 1 aliphatic rings. The molecule has 24 heavy (non-hydrogen) atoms. The van der Waals surface area contributed by atoms with Crippen LogP contribution in [0, 0.1) is 0 Å². The molecule has 5 nitrogen and oxygen atoms in total. The number of rotatable bonds is 6. The highest BCUT2D eigenvalue weighted by Gasteiger charge is 2.17. The van der Waals surface area contributed by atoms with Crippen LogP contribution in [0.3, 0.4) is 0 Å². The Morgan fingerprint density at radius 1 is 1.46 bits per heavy atom. The van der Waals surface area contributed by atoms with Crippen LogP contribution in [0.25, 0.3) is 0 Å². The number of anilines is 1. The second kappa shape index (κ2) is 7.62. The van der Waals surface area contributed by atoms with Gasteiger partial charge in [-0.05, 0) is 37.1 Å². The third-order valence-corrected chi connectivity index (χ3v) is 4.42. The average molecular weight is 326 g/mol. The van der Waals surface area contributed by atoms with E-state index in [0.29, 0.717) is 18.4 Å². The van der Waals surface area contributed by atoms with Crippen molar-refractivity contribution >= 4 is 11.6 Å². The number of nitrogens with zero attached hydrogens (tertiary/aromatic N) is 2. The van der Waals surface area contributed by atoms with Crippen LogP contribution in [0.1, 0.15) is 50.4 Å². The summed E-state index contributed by atoms with van der Waals surface area (Å²) >= 11 is 0. The summed E-state index contributed by atoms with van der Waals surface area (Å²) in [5.41, 5.74) is 2.02. The molecule has 2 heterocycles. The van der Waals surface area contributed by atoms with Gasteiger partial charge in [0.25, 0.3) is 0 Å². The molecule has 1 aromatic heterocycles. The molecule has 3 rings (SSSR count). The summed E-state index contributed by atoms with van der Waals surface area (Å²) in [6.45, 7) is 6.08. The predicted octanol–water partition coefficient (Wildman–Crippen LogP) is 3.14. The zero-order valence-electron chi connectivity index (χ0n) is 14.5. The average Bonchev–Trinajstić information content (AvgIpc) is 3.19. The molecule has 0 radical (unpaired) electrons. The van der Waals surface area contributed by atoms with Gasteiger partial charge in [0.05, 0.1) is 0 Å². The van der Waals surface area contributed by atoms with Crippen molar-refractivity contribution in [3.63, 3.8) is 0 Å². The Labute approximate surface area is 143 Å². The van der Waals surface area contributed by atoms with E-state index in [4.69, 9.17) is 0 Å². The number of nitrogens with one attached hydrogen (secondary N) is 2. The summed E-state index contributed by atoms with van der Waals surface area (Å²) in [5, 5.41) is 6.38. The van der Waals surface area contributed by atoms with Crippen molar-refractivity contribution in [3.05, 3.63) is 48.0 Å². The van der Waals surface area contributed by atoms with Crippen LogP contribution in [0.5, 0.6) is 0 Å². The minimum atomic E-state index is 0.0806. The molecule has 2 N–H and O–H groups in total. The molecule has 2 aromatic rings. The molecule has 0 saturated carbocycles. The van der Waals surface area contributed by atoms with E-state index in [-0.39, 0.29) is 5.91 Å². The molecule has 1 aliphatic heterocycles. The quantitative estimate of drug-likeness (QED) is 0.857. The van der Waals surface area contributed by atoms with Gasteiger partial charge in [0.2, 0.25) is 5.91 Å². The number of carbonyl (C=O) groups excluding carboxylic acids is 1. The third kappa shape index (κ3) is 4.23. The highest BCUT2D eigenvalue weighted by Crippen LogP contribution is 2.17. The van der Waals surface area contributed by atoms with Gasteiger partial charge in [-0.25, -0.2) is 4.98 Å². The maximum atomic E-state index is 12.2. The predicted molar refractivity (Wildman–Crippen MR) is 96.1 cm³/mol. The number of aromatic nitrogens is 2. The maximum Gasteiger partial charge on any atom is 0.225 e. The van der Waals surface area contributed by atoms with Crippen LogP contribution in [-0.4, -0.2) is 28.0 Å². The minimum absolute atomic E-state index is 0.0806. The van der Waals surface area contributed by atoms with Crippen molar-refractivity contribution in [2.24, 2.45) is 0 Å². The van der Waals surface area contributed by atoms with Crippen LogP contribution < -0.4 is 10.6 Å². The Bertz CT molecular complexity index is 686. The number of hydrogen-bond donors (Lipinski definition) is 2. The van der Waals surface area contributed by atoms with Gasteiger partial charge in [-0.3, -0.25) is 4.79 Å². The highest BCUT2D eigenvalue weighted by atomic mass is 16.1. The van der Waals surface area contributed by atoms with Gasteiger partial charge < -0.3 is 15.2 Å². The van der Waals surface area contributed by atoms with Crippen LogP contribution in [0.4, 0.5) is 5.69 Å². The van der Waals surface area contributed by atoms with Gasteiger partial charge in [0, 0.05) is 43.0 Å². The number of hydrogen-bond acceptors (Lipinski definition) is 3. The van der Waals surface area contributed by atoms with Gasteiger partial charge in [-0.2, -0.15) is 0 Å². The van der Waals surface area contributed by atoms with Crippen LogP contribution in [0.15, 0.2) is 36.7 Å². The van der Waals surface area contributed by atoms with Gasteiger partial charge in [-0.15, -0.1) is 0 Å². The van der Waals surface area contributed by atoms with Gasteiger partial charge >= 0.3 is 0 Å². The van der Waals surface area contributed by atoms with E-state index >= 15 is 0 Å². The normalized spacial score (nSPS) is 17.4. The lowest BCUT2D eigenvalue weighted by atomic mass is 10.1. The smallest absolute Gasteiger partial charge is 0.225 e. The van der Waals surface area contributed by atoms with Crippen molar-refractivity contribution in [1.29, 1.82) is 0 Å². The zero-order chi connectivity index (χ0) is 16.9. The molecular weight excluding hydrogens is 300 g/mol. The first-order valence-corrected chi connectivity index (χ1v) is 8.75. The molecule has 1 saturated heterocycles. The second-order valence-electron chi connectivity index (χ2n) is 6.81. The van der Waals surface area contributed by atoms with E-state index < -0.39 is 0 Å². The van der Waals surface area contributed by atoms with E-state index in [0.717, 1.165) is 43.0 Å². The van der Waals surface area contributed by atoms with Gasteiger partial charge in [0.15, 0.2) is 0 Å². The van der Waals surface area contributed by atoms with E-state index in [2.05, 4.69) is 40.1 Å². The molecule has 1 amide bonds. The standard InChI is InChI=1S/C19H26N4O/c1-14(2)19-21-9-10-23(19)13-15-5-3-6-17(11-15)22-18(24)12-16-7-4-8-20-16/h3,5-6,9-11,14,16,20H,4,7-8,12-13H2,1-2H3,(H,22,24). The summed E-state index contributed by atoms with van der Waals surface area (Å²) in [6.07, 6.45) is 6.65. The molecule has 128 valence electrons. The Morgan fingerprint density at radius 2 is 2.33 bits per heavy atom. The maximum absolute atomic E-state index is 12.2. The summed E-state index contributed by atoms with van der Waals surface area (Å²) in [5.74, 6) is 1.55. The lowest BCUT2D eigenvalue weighted by Gasteiger charge is -2.13. The fourth-order valence-electron chi connectivity index (χ4n) is 3.27. The molecule has 0 aliphatic carbocycles. The Kier molecular flexibility index (Phi) is 5.30. The Balaban J connectivity index is 1.63. The third-order valence-electron chi connectivity index (χ3n) is 4.42. The molecule has 0 spiro atoms. The lowest BCUT2D eigenvalue weighted by molar-refractivity contribution is -0.116. The first kappa shape index (κ1) is 16.7. The number of carbonyl (C=O) groups is 1. The fraction of sp³-hybridized carbons (Fsp3) is 0.474. The number of imidazole rings is 1. The topological polar surface area (TPSA) is 59.0 Å². The first-order chi connectivity index (χ1) is 11.6. The number of benzene rings is 1. The molecule has 0 bridgehead atoms. The monoisotopic (exact) mass is 326 g/mol. The van der Waals surface area contributed by atoms with Crippen molar-refractivity contribution in [1.82, 2.24) is 14.9 Å². The van der Waals surface area contributed by atoms with Crippen molar-refractivity contribution in [2.75, 3.05) is 11.9 Å². The van der Waals surface area contributed by atoms with Crippen LogP contribution in [0.2, 0.25) is 0 Å². The first-order valence-electron chi connectivity index (χ1n) is 8.75. The molecule has 1 unspecified atom stereocenters. The summed E-state index contributed by atoms with van der Waals surface area (Å²) < 4.78 is 2.16. The lowest BCUT2D eigenvalue weighted by Crippen LogP contribution is -2.27. The molecular formula is C19H26N4O. The van der Waals surface area contributed by atoms with Gasteiger partial charge in [0.1, 0.15) is 5.82 Å². The molecule has 5 heteroatoms. The largest absolute Gasteiger partial charge is 0.330 e. The van der Waals surface area contributed by atoms with E-state index in [1.54, 1.807) is 0 Å². The minimum Gasteiger partial charge on any atom is -0.330 e. The SMILES string of the molecule is CC(C)c1nccn1Cc1cccc(NC(=O)CC2CCCN2)c1. The molecule has 1 aromatic carbocycles. The highest BCUT2D eigenvalue weighted by molar-refractivity contribution is 5.91. The fourth-order valence-corrected chi connectivity index (χ4v) is 3.27. The van der Waals surface area contributed by atoms with Crippen molar-refractivity contribution in [3.8, 4) is 0 Å². The summed E-state index contributed by atoms with van der Waals surface area (Å²) in [7, 11) is 0. The summed E-state index contributed by atoms with van der Waals surface area (Å²) in [6, 6.07) is 8.39. The van der Waals surface area contributed by atoms with E-state index in [1.165, 1.54) is 0 Å². The van der Waals surface area contributed by atoms with E-state index in [9.17, 15) is 4.79 Å². The summed E-state index contributed by atoms with van der Waals surface area (Å²) in [4.78, 5) is 16.6. The Hall–Kier alpha value is -2.14. The van der Waals surface area contributed by atoms with Crippen LogP contribution >= 0.6 is 0 Å². The zero-order valence-corrected chi connectivity index (χ0v) is 14.5. The Morgan fingerprint density at radius 3 is 3.08 bits per heavy atom. The molecule has 1 atom stereocenters. The van der Waals surface area contributed by atoms with Crippen molar-refractivity contribution < 1.29 is 4.79 Å². The molecule has 1 fully saturated rings. The van der Waals surface area contributed by atoms with Gasteiger partial charge in [-0.1, -0.05) is 26.0 Å². The number of amides is 1. The van der Waals surface area contributed by atoms with Crippen LogP contribution in [-0.2, 0) is 11.3 Å². The van der Waals surface area contributed by atoms with E-state index in [1.807, 2.05) is 30.6 Å².